The standard InChI is InChI=1S/C14H19N3S/c1-4-11-7-5-6-8-12(11)13-15-16-14(18)17(13)9-10(2)3/h5-8,10H,4,9H2,1-3H3,(H,16,18). The molecule has 2 rings (SSSR count). The normalized spacial score (nSPS) is 11.1. The van der Waals surface area contributed by atoms with Crippen molar-refractivity contribution in [2.45, 2.75) is 33.7 Å². The molecule has 0 saturated heterocycles. The van der Waals surface area contributed by atoms with Gasteiger partial charge in [-0.15, -0.1) is 0 Å². The lowest BCUT2D eigenvalue weighted by Gasteiger charge is -2.11. The van der Waals surface area contributed by atoms with Crippen molar-refractivity contribution < 1.29 is 0 Å². The van der Waals surface area contributed by atoms with Crippen LogP contribution >= 0.6 is 12.2 Å². The molecule has 0 amide bonds. The molecule has 0 aliphatic rings. The quantitative estimate of drug-likeness (QED) is 0.849. The second kappa shape index (κ2) is 5.48. The molecule has 1 aromatic carbocycles. The minimum absolute atomic E-state index is 0.543. The number of benzene rings is 1. The van der Waals surface area contributed by atoms with Crippen molar-refractivity contribution in [3.63, 3.8) is 0 Å². The molecule has 2 aromatic rings. The number of aromatic amines is 1. The first-order valence-electron chi connectivity index (χ1n) is 6.37. The van der Waals surface area contributed by atoms with E-state index in [9.17, 15) is 0 Å². The molecule has 4 heteroatoms. The van der Waals surface area contributed by atoms with Gasteiger partial charge in [-0.05, 0) is 30.1 Å². The van der Waals surface area contributed by atoms with E-state index in [1.165, 1.54) is 11.1 Å². The van der Waals surface area contributed by atoms with Crippen LogP contribution in [-0.4, -0.2) is 14.8 Å². The molecule has 0 aliphatic carbocycles. The van der Waals surface area contributed by atoms with Crippen molar-refractivity contribution >= 4 is 12.2 Å². The van der Waals surface area contributed by atoms with Crippen LogP contribution in [0.15, 0.2) is 24.3 Å². The van der Waals surface area contributed by atoms with Gasteiger partial charge < -0.3 is 0 Å². The second-order valence-corrected chi connectivity index (χ2v) is 5.25. The summed E-state index contributed by atoms with van der Waals surface area (Å²) >= 11 is 5.32. The molecule has 0 bridgehead atoms. The van der Waals surface area contributed by atoms with Gasteiger partial charge >= 0.3 is 0 Å². The van der Waals surface area contributed by atoms with Gasteiger partial charge in [-0.3, -0.25) is 9.67 Å². The van der Waals surface area contributed by atoms with Crippen LogP contribution in [0.25, 0.3) is 11.4 Å². The smallest absolute Gasteiger partial charge is 0.195 e. The van der Waals surface area contributed by atoms with E-state index in [4.69, 9.17) is 12.2 Å². The van der Waals surface area contributed by atoms with Crippen molar-refractivity contribution in [2.75, 3.05) is 0 Å². The Morgan fingerprint density at radius 3 is 2.72 bits per heavy atom. The highest BCUT2D eigenvalue weighted by Gasteiger charge is 2.12. The first kappa shape index (κ1) is 13.0. The second-order valence-electron chi connectivity index (χ2n) is 4.87. The molecule has 1 heterocycles. The van der Waals surface area contributed by atoms with Gasteiger partial charge in [-0.25, -0.2) is 0 Å². The van der Waals surface area contributed by atoms with E-state index in [0.717, 1.165) is 18.8 Å². The molecular weight excluding hydrogens is 242 g/mol. The van der Waals surface area contributed by atoms with Crippen LogP contribution in [-0.2, 0) is 13.0 Å². The zero-order chi connectivity index (χ0) is 13.1. The number of nitrogens with one attached hydrogen (secondary N) is 1. The molecule has 0 atom stereocenters. The van der Waals surface area contributed by atoms with E-state index in [-0.39, 0.29) is 0 Å². The molecule has 0 aliphatic heterocycles. The topological polar surface area (TPSA) is 33.6 Å². The first-order valence-corrected chi connectivity index (χ1v) is 6.77. The molecule has 96 valence electrons. The summed E-state index contributed by atoms with van der Waals surface area (Å²) < 4.78 is 2.79. The average molecular weight is 261 g/mol. The maximum atomic E-state index is 5.32. The van der Waals surface area contributed by atoms with Crippen molar-refractivity contribution in [3.05, 3.63) is 34.6 Å². The Morgan fingerprint density at radius 1 is 1.33 bits per heavy atom. The Hall–Kier alpha value is -1.42. The van der Waals surface area contributed by atoms with E-state index in [0.29, 0.717) is 10.7 Å². The molecule has 0 radical (unpaired) electrons. The Labute approximate surface area is 113 Å². The maximum absolute atomic E-state index is 5.32. The fourth-order valence-electron chi connectivity index (χ4n) is 2.10. The third-order valence-electron chi connectivity index (χ3n) is 2.95. The van der Waals surface area contributed by atoms with Crippen molar-refractivity contribution in [1.29, 1.82) is 0 Å². The molecule has 0 saturated carbocycles. The van der Waals surface area contributed by atoms with Gasteiger partial charge in [-0.2, -0.15) is 5.10 Å². The zero-order valence-electron chi connectivity index (χ0n) is 11.1. The van der Waals surface area contributed by atoms with Gasteiger partial charge in [0, 0.05) is 12.1 Å². The summed E-state index contributed by atoms with van der Waals surface area (Å²) in [7, 11) is 0. The Kier molecular flexibility index (Phi) is 3.97. The fourth-order valence-corrected chi connectivity index (χ4v) is 2.31. The van der Waals surface area contributed by atoms with E-state index < -0.39 is 0 Å². The summed E-state index contributed by atoms with van der Waals surface area (Å²) in [6.45, 7) is 7.42. The van der Waals surface area contributed by atoms with Crippen molar-refractivity contribution in [1.82, 2.24) is 14.8 Å². The molecule has 1 N–H and O–H groups in total. The summed E-state index contributed by atoms with van der Waals surface area (Å²) in [6, 6.07) is 8.37. The maximum Gasteiger partial charge on any atom is 0.195 e. The number of hydrogen-bond donors (Lipinski definition) is 1. The fraction of sp³-hybridized carbons (Fsp3) is 0.429. The van der Waals surface area contributed by atoms with Crippen LogP contribution in [0.4, 0.5) is 0 Å². The Balaban J connectivity index is 2.54. The zero-order valence-corrected chi connectivity index (χ0v) is 11.9. The minimum atomic E-state index is 0.543. The molecule has 0 spiro atoms. The van der Waals surface area contributed by atoms with Crippen LogP contribution in [0.5, 0.6) is 0 Å². The Morgan fingerprint density at radius 2 is 2.06 bits per heavy atom. The van der Waals surface area contributed by atoms with Crippen LogP contribution in [0, 0.1) is 10.7 Å². The first-order chi connectivity index (χ1) is 8.63. The number of nitrogens with zero attached hydrogens (tertiary/aromatic N) is 2. The van der Waals surface area contributed by atoms with Gasteiger partial charge in [-0.1, -0.05) is 45.0 Å². The predicted octanol–water partition coefficient (Wildman–Crippen LogP) is 3.83. The predicted molar refractivity (Wildman–Crippen MR) is 77.1 cm³/mol. The highest BCUT2D eigenvalue weighted by molar-refractivity contribution is 7.71. The highest BCUT2D eigenvalue weighted by Crippen LogP contribution is 2.23. The summed E-state index contributed by atoms with van der Waals surface area (Å²) in [5.41, 5.74) is 2.48. The van der Waals surface area contributed by atoms with Crippen LogP contribution in [0.1, 0.15) is 26.3 Å². The third-order valence-corrected chi connectivity index (χ3v) is 3.26. The lowest BCUT2D eigenvalue weighted by Crippen LogP contribution is -2.07. The molecule has 1 aromatic heterocycles. The molecule has 18 heavy (non-hydrogen) atoms. The van der Waals surface area contributed by atoms with Crippen LogP contribution < -0.4 is 0 Å². The summed E-state index contributed by atoms with van der Waals surface area (Å²) in [6.07, 6.45) is 0.997. The largest absolute Gasteiger partial charge is 0.300 e. The van der Waals surface area contributed by atoms with Crippen LogP contribution in [0.3, 0.4) is 0 Å². The number of rotatable bonds is 4. The Bertz CT molecular complexity index is 581. The lowest BCUT2D eigenvalue weighted by atomic mass is 10.0. The number of aryl methyl sites for hydroxylation is 1. The van der Waals surface area contributed by atoms with Crippen molar-refractivity contribution in [2.24, 2.45) is 5.92 Å². The minimum Gasteiger partial charge on any atom is -0.300 e. The monoisotopic (exact) mass is 261 g/mol. The number of H-pyrrole nitrogens is 1. The molecule has 0 unspecified atom stereocenters. The van der Waals surface area contributed by atoms with Gasteiger partial charge in [0.2, 0.25) is 0 Å². The van der Waals surface area contributed by atoms with E-state index in [1.54, 1.807) is 0 Å². The van der Waals surface area contributed by atoms with E-state index in [2.05, 4.69) is 53.7 Å². The number of aromatic nitrogens is 3. The van der Waals surface area contributed by atoms with Crippen LogP contribution in [0.2, 0.25) is 0 Å². The highest BCUT2D eigenvalue weighted by atomic mass is 32.1. The SMILES string of the molecule is CCc1ccccc1-c1n[nH]c(=S)n1CC(C)C. The van der Waals surface area contributed by atoms with Crippen molar-refractivity contribution in [3.8, 4) is 11.4 Å². The van der Waals surface area contributed by atoms with Gasteiger partial charge in [0.1, 0.15) is 0 Å². The lowest BCUT2D eigenvalue weighted by molar-refractivity contribution is 0.521. The van der Waals surface area contributed by atoms with Gasteiger partial charge in [0.25, 0.3) is 0 Å². The third kappa shape index (κ3) is 2.53. The van der Waals surface area contributed by atoms with E-state index in [1.807, 2.05) is 6.07 Å². The number of hydrogen-bond acceptors (Lipinski definition) is 2. The summed E-state index contributed by atoms with van der Waals surface area (Å²) in [4.78, 5) is 0. The summed E-state index contributed by atoms with van der Waals surface area (Å²) in [5, 5.41) is 7.30. The summed E-state index contributed by atoms with van der Waals surface area (Å²) in [5.74, 6) is 1.49. The van der Waals surface area contributed by atoms with Gasteiger partial charge in [0.05, 0.1) is 0 Å². The molecule has 3 nitrogen and oxygen atoms in total. The molecule has 0 fully saturated rings. The van der Waals surface area contributed by atoms with E-state index >= 15 is 0 Å². The van der Waals surface area contributed by atoms with Gasteiger partial charge in [0.15, 0.2) is 10.6 Å². The molecular formula is C14H19N3S. The average Bonchev–Trinajstić information content (AvgIpc) is 2.70.